The van der Waals surface area contributed by atoms with Crippen LogP contribution in [0.3, 0.4) is 0 Å². The second kappa shape index (κ2) is 11.9. The summed E-state index contributed by atoms with van der Waals surface area (Å²) in [6.07, 6.45) is 4.26. The van der Waals surface area contributed by atoms with Gasteiger partial charge in [-0.25, -0.2) is 8.42 Å². The van der Waals surface area contributed by atoms with Crippen molar-refractivity contribution in [2.45, 2.75) is 42.2 Å². The molecule has 1 atom stereocenters. The lowest BCUT2D eigenvalue weighted by Crippen LogP contribution is -2.33. The Bertz CT molecular complexity index is 1400. The van der Waals surface area contributed by atoms with Gasteiger partial charge in [-0.1, -0.05) is 48.2 Å². The SMILES string of the molecule is NC1=C(C(=O)N2CCCC2)C(=NCCc2ccccc2)S[C@H]1C(=O)Nc1cccc(S(=O)(=O)N2CCCC2)c1. The lowest BCUT2D eigenvalue weighted by molar-refractivity contribution is -0.125. The van der Waals surface area contributed by atoms with E-state index in [4.69, 9.17) is 10.7 Å². The number of nitrogens with zero attached hydrogens (tertiary/aromatic N) is 3. The molecule has 0 radical (unpaired) electrons. The highest BCUT2D eigenvalue weighted by Gasteiger charge is 2.40. The lowest BCUT2D eigenvalue weighted by atomic mass is 10.1. The van der Waals surface area contributed by atoms with Crippen LogP contribution in [-0.2, 0) is 26.0 Å². The fourth-order valence-electron chi connectivity index (χ4n) is 5.04. The van der Waals surface area contributed by atoms with E-state index >= 15 is 0 Å². The smallest absolute Gasteiger partial charge is 0.258 e. The number of anilines is 1. The zero-order valence-corrected chi connectivity index (χ0v) is 23.3. The molecule has 0 aliphatic carbocycles. The van der Waals surface area contributed by atoms with Crippen LogP contribution in [0, 0.1) is 0 Å². The minimum atomic E-state index is -3.62. The summed E-state index contributed by atoms with van der Waals surface area (Å²) in [5, 5.41) is 2.44. The Kier molecular flexibility index (Phi) is 8.39. The fraction of sp³-hybridized carbons (Fsp3) is 0.393. The lowest BCUT2D eigenvalue weighted by Gasteiger charge is -2.17. The molecule has 5 rings (SSSR count). The summed E-state index contributed by atoms with van der Waals surface area (Å²) in [5.41, 5.74) is 8.45. The van der Waals surface area contributed by atoms with Crippen LogP contribution in [0.1, 0.15) is 31.2 Å². The third-order valence-electron chi connectivity index (χ3n) is 7.16. The summed E-state index contributed by atoms with van der Waals surface area (Å²) in [4.78, 5) is 33.4. The van der Waals surface area contributed by atoms with Gasteiger partial charge in [-0.15, -0.1) is 0 Å². The van der Waals surface area contributed by atoms with Gasteiger partial charge < -0.3 is 16.0 Å². The Labute approximate surface area is 233 Å². The van der Waals surface area contributed by atoms with Crippen LogP contribution in [0.4, 0.5) is 5.69 Å². The minimum absolute atomic E-state index is 0.137. The number of hydrogen-bond acceptors (Lipinski definition) is 7. The molecule has 3 N–H and O–H groups in total. The predicted octanol–water partition coefficient (Wildman–Crippen LogP) is 3.00. The Morgan fingerprint density at radius 1 is 0.974 bits per heavy atom. The summed E-state index contributed by atoms with van der Waals surface area (Å²) < 4.78 is 27.5. The first-order valence-corrected chi connectivity index (χ1v) is 15.6. The van der Waals surface area contributed by atoms with Gasteiger partial charge in [-0.3, -0.25) is 14.6 Å². The van der Waals surface area contributed by atoms with E-state index in [1.807, 2.05) is 30.3 Å². The highest BCUT2D eigenvalue weighted by atomic mass is 32.2. The number of hydrogen-bond donors (Lipinski definition) is 2. The second-order valence-electron chi connectivity index (χ2n) is 9.88. The molecule has 11 heteroatoms. The normalized spacial score (nSPS) is 21.2. The summed E-state index contributed by atoms with van der Waals surface area (Å²) in [6.45, 7) is 2.78. The molecule has 206 valence electrons. The van der Waals surface area contributed by atoms with Crippen molar-refractivity contribution in [3.8, 4) is 0 Å². The third kappa shape index (κ3) is 6.05. The van der Waals surface area contributed by atoms with Crippen molar-refractivity contribution in [2.75, 3.05) is 38.0 Å². The maximum Gasteiger partial charge on any atom is 0.258 e. The molecule has 2 aromatic rings. The molecule has 0 saturated carbocycles. The van der Waals surface area contributed by atoms with Gasteiger partial charge in [-0.2, -0.15) is 4.31 Å². The Hall–Kier alpha value is -3.15. The van der Waals surface area contributed by atoms with Crippen LogP contribution in [-0.4, -0.2) is 72.5 Å². The number of aliphatic imine (C=N–C) groups is 1. The molecule has 0 spiro atoms. The second-order valence-corrected chi connectivity index (χ2v) is 12.9. The van der Waals surface area contributed by atoms with Gasteiger partial charge in [0, 0.05) is 44.1 Å². The van der Waals surface area contributed by atoms with Crippen molar-refractivity contribution in [1.82, 2.24) is 9.21 Å². The summed E-state index contributed by atoms with van der Waals surface area (Å²) in [5.74, 6) is -0.613. The van der Waals surface area contributed by atoms with E-state index in [0.29, 0.717) is 55.4 Å². The van der Waals surface area contributed by atoms with Gasteiger partial charge in [0.05, 0.1) is 10.5 Å². The van der Waals surface area contributed by atoms with Gasteiger partial charge in [0.15, 0.2) is 0 Å². The van der Waals surface area contributed by atoms with E-state index in [1.54, 1.807) is 17.0 Å². The molecule has 2 amide bonds. The molecular weight excluding hydrogens is 534 g/mol. The predicted molar refractivity (Wildman–Crippen MR) is 154 cm³/mol. The first-order chi connectivity index (χ1) is 18.8. The number of thioether (sulfide) groups is 1. The van der Waals surface area contributed by atoms with Crippen LogP contribution in [0.2, 0.25) is 0 Å². The monoisotopic (exact) mass is 567 g/mol. The highest BCUT2D eigenvalue weighted by Crippen LogP contribution is 2.35. The van der Waals surface area contributed by atoms with E-state index in [1.165, 1.54) is 28.2 Å². The number of carbonyl (C=O) groups is 2. The number of likely N-dealkylation sites (tertiary alicyclic amines) is 1. The molecule has 2 saturated heterocycles. The van der Waals surface area contributed by atoms with Gasteiger partial charge in [0.25, 0.3) is 5.91 Å². The number of rotatable bonds is 8. The minimum Gasteiger partial charge on any atom is -0.400 e. The van der Waals surface area contributed by atoms with Gasteiger partial charge >= 0.3 is 0 Å². The molecule has 3 aliphatic heterocycles. The first kappa shape index (κ1) is 27.4. The highest BCUT2D eigenvalue weighted by molar-refractivity contribution is 8.16. The molecule has 39 heavy (non-hydrogen) atoms. The van der Waals surface area contributed by atoms with Crippen molar-refractivity contribution in [2.24, 2.45) is 10.7 Å². The average Bonchev–Trinajstić information content (AvgIpc) is 3.71. The quantitative estimate of drug-likeness (QED) is 0.505. The van der Waals surface area contributed by atoms with Crippen LogP contribution in [0.5, 0.6) is 0 Å². The van der Waals surface area contributed by atoms with E-state index in [0.717, 1.165) is 31.2 Å². The Morgan fingerprint density at radius 2 is 1.67 bits per heavy atom. The Balaban J connectivity index is 1.35. The summed E-state index contributed by atoms with van der Waals surface area (Å²) in [7, 11) is -3.62. The van der Waals surface area contributed by atoms with E-state index in [2.05, 4.69) is 5.32 Å². The molecule has 9 nitrogen and oxygen atoms in total. The van der Waals surface area contributed by atoms with Crippen molar-refractivity contribution in [1.29, 1.82) is 0 Å². The first-order valence-electron chi connectivity index (χ1n) is 13.3. The van der Waals surface area contributed by atoms with E-state index in [-0.39, 0.29) is 16.5 Å². The molecule has 0 bridgehead atoms. The number of carbonyl (C=O) groups excluding carboxylic acids is 2. The van der Waals surface area contributed by atoms with Gasteiger partial charge in [0.2, 0.25) is 15.9 Å². The number of nitrogens with one attached hydrogen (secondary N) is 1. The molecule has 0 aromatic heterocycles. The van der Waals surface area contributed by atoms with Crippen molar-refractivity contribution in [3.05, 3.63) is 71.4 Å². The van der Waals surface area contributed by atoms with Gasteiger partial charge in [-0.05, 0) is 55.9 Å². The maximum atomic E-state index is 13.4. The average molecular weight is 568 g/mol. The largest absolute Gasteiger partial charge is 0.400 e. The molecule has 3 aliphatic rings. The molecule has 3 heterocycles. The fourth-order valence-corrected chi connectivity index (χ4v) is 7.73. The molecule has 0 unspecified atom stereocenters. The van der Waals surface area contributed by atoms with Crippen LogP contribution >= 0.6 is 11.8 Å². The molecule has 2 aromatic carbocycles. The van der Waals surface area contributed by atoms with E-state index < -0.39 is 21.2 Å². The van der Waals surface area contributed by atoms with Gasteiger partial charge in [0.1, 0.15) is 10.3 Å². The topological polar surface area (TPSA) is 125 Å². The van der Waals surface area contributed by atoms with Crippen LogP contribution < -0.4 is 11.1 Å². The van der Waals surface area contributed by atoms with E-state index in [9.17, 15) is 18.0 Å². The zero-order chi connectivity index (χ0) is 27.4. The van der Waals surface area contributed by atoms with Crippen LogP contribution in [0.15, 0.2) is 75.8 Å². The third-order valence-corrected chi connectivity index (χ3v) is 10.3. The maximum absolute atomic E-state index is 13.4. The van der Waals surface area contributed by atoms with Crippen molar-refractivity contribution < 1.29 is 18.0 Å². The number of nitrogens with two attached hydrogens (primary N) is 1. The van der Waals surface area contributed by atoms with Crippen molar-refractivity contribution >= 4 is 44.3 Å². The number of amides is 2. The standard InChI is InChI=1S/C28H33N5O4S2/c29-24-23(28(35)32-15-4-5-16-32)27(30-14-13-20-9-2-1-3-10-20)38-25(24)26(34)31-21-11-8-12-22(19-21)39(36,37)33-17-6-7-18-33/h1-3,8-12,19,25H,4-7,13-18,29H2,(H,31,34)/t25-/m1/s1. The van der Waals surface area contributed by atoms with Crippen LogP contribution in [0.25, 0.3) is 0 Å². The number of sulfonamides is 1. The molecular formula is C28H33N5O4S2. The zero-order valence-electron chi connectivity index (χ0n) is 21.7. The summed E-state index contributed by atoms with van der Waals surface area (Å²) >= 11 is 1.17. The summed E-state index contributed by atoms with van der Waals surface area (Å²) in [6, 6.07) is 16.2. The Morgan fingerprint density at radius 3 is 2.38 bits per heavy atom. The van der Waals surface area contributed by atoms with Crippen molar-refractivity contribution in [3.63, 3.8) is 0 Å². The molecule has 2 fully saturated rings. The number of benzene rings is 2.